The summed E-state index contributed by atoms with van der Waals surface area (Å²) < 4.78 is 13.0. The molecule has 1 heterocycles. The SMILES string of the molecule is CN1C(=O)c2ccc(NC(=O)c3ccc(F)cc3Cl)cc2C1=O. The molecule has 1 aliphatic heterocycles. The van der Waals surface area contributed by atoms with Crippen molar-refractivity contribution in [2.24, 2.45) is 0 Å². The summed E-state index contributed by atoms with van der Waals surface area (Å²) in [6.45, 7) is 0. The van der Waals surface area contributed by atoms with E-state index in [2.05, 4.69) is 5.32 Å². The highest BCUT2D eigenvalue weighted by molar-refractivity contribution is 6.34. The number of benzene rings is 2. The van der Waals surface area contributed by atoms with Gasteiger partial charge >= 0.3 is 0 Å². The van der Waals surface area contributed by atoms with Gasteiger partial charge in [0.25, 0.3) is 17.7 Å². The molecule has 116 valence electrons. The van der Waals surface area contributed by atoms with E-state index < -0.39 is 17.6 Å². The Labute approximate surface area is 135 Å². The van der Waals surface area contributed by atoms with Crippen molar-refractivity contribution >= 4 is 35.0 Å². The van der Waals surface area contributed by atoms with E-state index in [9.17, 15) is 18.8 Å². The van der Waals surface area contributed by atoms with Crippen molar-refractivity contribution in [1.82, 2.24) is 4.90 Å². The smallest absolute Gasteiger partial charge is 0.261 e. The van der Waals surface area contributed by atoms with Crippen LogP contribution in [0.4, 0.5) is 10.1 Å². The predicted molar refractivity (Wildman–Crippen MR) is 82.2 cm³/mol. The van der Waals surface area contributed by atoms with Crippen LogP contribution in [0.2, 0.25) is 5.02 Å². The Bertz CT molecular complexity index is 866. The molecule has 0 unspecified atom stereocenters. The second-order valence-corrected chi connectivity index (χ2v) is 5.42. The van der Waals surface area contributed by atoms with Gasteiger partial charge in [-0.25, -0.2) is 4.39 Å². The van der Waals surface area contributed by atoms with E-state index in [0.29, 0.717) is 5.69 Å². The lowest BCUT2D eigenvalue weighted by Crippen LogP contribution is -2.24. The van der Waals surface area contributed by atoms with Crippen molar-refractivity contribution in [3.05, 3.63) is 63.9 Å². The maximum atomic E-state index is 13.0. The number of carbonyl (C=O) groups is 3. The van der Waals surface area contributed by atoms with Crippen LogP contribution in [0.15, 0.2) is 36.4 Å². The lowest BCUT2D eigenvalue weighted by Gasteiger charge is -2.07. The van der Waals surface area contributed by atoms with Gasteiger partial charge in [-0.3, -0.25) is 19.3 Å². The lowest BCUT2D eigenvalue weighted by molar-refractivity contribution is 0.0692. The molecular formula is C16H10ClFN2O3. The van der Waals surface area contributed by atoms with Gasteiger partial charge in [-0.1, -0.05) is 11.6 Å². The van der Waals surface area contributed by atoms with E-state index in [1.807, 2.05) is 0 Å². The number of anilines is 1. The quantitative estimate of drug-likeness (QED) is 0.860. The Morgan fingerprint density at radius 2 is 1.78 bits per heavy atom. The van der Waals surface area contributed by atoms with E-state index >= 15 is 0 Å². The van der Waals surface area contributed by atoms with Crippen LogP contribution in [0.3, 0.4) is 0 Å². The fraction of sp³-hybridized carbons (Fsp3) is 0.0625. The summed E-state index contributed by atoms with van der Waals surface area (Å²) in [6, 6.07) is 7.84. The zero-order chi connectivity index (χ0) is 16.7. The average Bonchev–Trinajstić information content (AvgIpc) is 2.72. The monoisotopic (exact) mass is 332 g/mol. The molecule has 23 heavy (non-hydrogen) atoms. The van der Waals surface area contributed by atoms with Crippen LogP contribution in [0.25, 0.3) is 0 Å². The number of rotatable bonds is 2. The number of carbonyl (C=O) groups excluding carboxylic acids is 3. The third kappa shape index (κ3) is 2.57. The molecule has 3 amide bonds. The normalized spacial score (nSPS) is 13.3. The fourth-order valence-electron chi connectivity index (χ4n) is 2.31. The Balaban J connectivity index is 1.89. The van der Waals surface area contributed by atoms with E-state index in [0.717, 1.165) is 17.0 Å². The van der Waals surface area contributed by atoms with Crippen molar-refractivity contribution in [1.29, 1.82) is 0 Å². The molecule has 1 aliphatic rings. The zero-order valence-electron chi connectivity index (χ0n) is 11.9. The van der Waals surface area contributed by atoms with Crippen LogP contribution in [-0.2, 0) is 0 Å². The first-order valence-electron chi connectivity index (χ1n) is 6.61. The summed E-state index contributed by atoms with van der Waals surface area (Å²) in [5.74, 6) is -1.90. The minimum Gasteiger partial charge on any atom is -0.322 e. The first-order chi connectivity index (χ1) is 10.9. The Morgan fingerprint density at radius 3 is 2.48 bits per heavy atom. The van der Waals surface area contributed by atoms with Gasteiger partial charge in [0.15, 0.2) is 0 Å². The van der Waals surface area contributed by atoms with Crippen molar-refractivity contribution in [3.63, 3.8) is 0 Å². The van der Waals surface area contributed by atoms with Crippen LogP contribution >= 0.6 is 11.6 Å². The summed E-state index contributed by atoms with van der Waals surface area (Å²) in [6.07, 6.45) is 0. The molecule has 2 aromatic rings. The fourth-order valence-corrected chi connectivity index (χ4v) is 2.56. The molecule has 0 fully saturated rings. The molecule has 2 aromatic carbocycles. The predicted octanol–water partition coefficient (Wildman–Crippen LogP) is 2.96. The number of halogens is 2. The first kappa shape index (κ1) is 15.2. The Hall–Kier alpha value is -2.73. The largest absolute Gasteiger partial charge is 0.322 e. The van der Waals surface area contributed by atoms with Crippen molar-refractivity contribution < 1.29 is 18.8 Å². The van der Waals surface area contributed by atoms with E-state index in [1.165, 1.54) is 31.3 Å². The molecule has 0 bridgehead atoms. The van der Waals surface area contributed by atoms with E-state index in [4.69, 9.17) is 11.6 Å². The summed E-state index contributed by atoms with van der Waals surface area (Å²) >= 11 is 5.84. The molecule has 0 saturated carbocycles. The number of nitrogens with one attached hydrogen (secondary N) is 1. The number of hydrogen-bond acceptors (Lipinski definition) is 3. The molecule has 1 N–H and O–H groups in total. The Kier molecular flexibility index (Phi) is 3.61. The van der Waals surface area contributed by atoms with Crippen LogP contribution < -0.4 is 5.32 Å². The van der Waals surface area contributed by atoms with Crippen LogP contribution in [0.5, 0.6) is 0 Å². The van der Waals surface area contributed by atoms with Crippen molar-refractivity contribution in [3.8, 4) is 0 Å². The van der Waals surface area contributed by atoms with Gasteiger partial charge in [-0.05, 0) is 36.4 Å². The number of imide groups is 1. The lowest BCUT2D eigenvalue weighted by atomic mass is 10.1. The van der Waals surface area contributed by atoms with Gasteiger partial charge in [-0.15, -0.1) is 0 Å². The molecule has 0 atom stereocenters. The van der Waals surface area contributed by atoms with Gasteiger partial charge in [0.05, 0.1) is 21.7 Å². The molecular weight excluding hydrogens is 323 g/mol. The molecule has 0 spiro atoms. The second-order valence-electron chi connectivity index (χ2n) is 5.01. The minimum absolute atomic E-state index is 0.0188. The number of nitrogens with zero attached hydrogens (tertiary/aromatic N) is 1. The molecule has 5 nitrogen and oxygen atoms in total. The molecule has 0 aromatic heterocycles. The van der Waals surface area contributed by atoms with Gasteiger partial charge in [0, 0.05) is 12.7 Å². The highest BCUT2D eigenvalue weighted by atomic mass is 35.5. The van der Waals surface area contributed by atoms with Gasteiger partial charge < -0.3 is 5.32 Å². The molecule has 7 heteroatoms. The topological polar surface area (TPSA) is 66.5 Å². The van der Waals surface area contributed by atoms with Gasteiger partial charge in [0.2, 0.25) is 0 Å². The highest BCUT2D eigenvalue weighted by Gasteiger charge is 2.32. The van der Waals surface area contributed by atoms with Crippen molar-refractivity contribution in [2.75, 3.05) is 12.4 Å². The highest BCUT2D eigenvalue weighted by Crippen LogP contribution is 2.25. The second kappa shape index (κ2) is 5.48. The third-order valence-corrected chi connectivity index (χ3v) is 3.84. The zero-order valence-corrected chi connectivity index (χ0v) is 12.6. The minimum atomic E-state index is -0.545. The number of hydrogen-bond donors (Lipinski definition) is 1. The maximum Gasteiger partial charge on any atom is 0.261 e. The summed E-state index contributed by atoms with van der Waals surface area (Å²) in [5, 5.41) is 2.55. The number of amides is 3. The van der Waals surface area contributed by atoms with Crippen LogP contribution in [0, 0.1) is 5.82 Å². The molecule has 0 radical (unpaired) electrons. The van der Waals surface area contributed by atoms with Crippen LogP contribution in [0.1, 0.15) is 31.1 Å². The van der Waals surface area contributed by atoms with Gasteiger partial charge in [-0.2, -0.15) is 0 Å². The Morgan fingerprint density at radius 1 is 1.09 bits per heavy atom. The molecule has 3 rings (SSSR count). The summed E-state index contributed by atoms with van der Waals surface area (Å²) in [7, 11) is 1.39. The molecule has 0 aliphatic carbocycles. The summed E-state index contributed by atoms with van der Waals surface area (Å²) in [5.41, 5.74) is 0.953. The van der Waals surface area contributed by atoms with E-state index in [1.54, 1.807) is 0 Å². The third-order valence-electron chi connectivity index (χ3n) is 3.52. The van der Waals surface area contributed by atoms with E-state index in [-0.39, 0.29) is 27.6 Å². The van der Waals surface area contributed by atoms with Crippen LogP contribution in [-0.4, -0.2) is 29.7 Å². The number of fused-ring (bicyclic) bond motifs is 1. The first-order valence-corrected chi connectivity index (χ1v) is 6.99. The van der Waals surface area contributed by atoms with Crippen molar-refractivity contribution in [2.45, 2.75) is 0 Å². The molecule has 0 saturated heterocycles. The van der Waals surface area contributed by atoms with Gasteiger partial charge in [0.1, 0.15) is 5.82 Å². The standard InChI is InChI=1S/C16H10ClFN2O3/c1-20-15(22)10-5-3-9(7-12(10)16(20)23)19-14(21)11-4-2-8(18)6-13(11)17/h2-7H,1H3,(H,19,21). The average molecular weight is 333 g/mol. The maximum absolute atomic E-state index is 13.0. The summed E-state index contributed by atoms with van der Waals surface area (Å²) in [4.78, 5) is 36.9.